The fraction of sp³-hybridized carbons (Fsp3) is 0.500. The van der Waals surface area contributed by atoms with Gasteiger partial charge in [-0.1, -0.05) is 0 Å². The average Bonchev–Trinajstić information content (AvgIpc) is 2.52. The predicted octanol–water partition coefficient (Wildman–Crippen LogP) is -13.0. The summed E-state index contributed by atoms with van der Waals surface area (Å²) in [5.41, 5.74) is 1.71. The Bertz CT molecular complexity index is 562. The van der Waals surface area contributed by atoms with Crippen molar-refractivity contribution in [2.24, 2.45) is 5.73 Å². The van der Waals surface area contributed by atoms with Crippen molar-refractivity contribution in [1.29, 1.82) is 0 Å². The van der Waals surface area contributed by atoms with Crippen LogP contribution in [-0.4, -0.2) is 95.9 Å². The van der Waals surface area contributed by atoms with E-state index in [9.17, 15) is 39.0 Å². The number of rotatable bonds is 9. The molecule has 0 bridgehead atoms. The Morgan fingerprint density at radius 1 is 0.767 bits per heavy atom. The van der Waals surface area contributed by atoms with E-state index in [2.05, 4.69) is 5.73 Å². The van der Waals surface area contributed by atoms with Gasteiger partial charge in [-0.2, -0.15) is 0 Å². The largest absolute Gasteiger partial charge is 1.00 e. The predicted molar refractivity (Wildman–Crippen MR) is 75.8 cm³/mol. The van der Waals surface area contributed by atoms with E-state index in [0.717, 1.165) is 0 Å². The van der Waals surface area contributed by atoms with Gasteiger partial charge in [-0.15, -0.1) is 0 Å². The molecule has 2 atom stereocenters. The number of hydrogen-bond acceptors (Lipinski definition) is 12. The second kappa shape index (κ2) is 19.6. The molecule has 18 heteroatoms. The van der Waals surface area contributed by atoms with Gasteiger partial charge in [-0.25, -0.2) is 14.4 Å². The molecule has 0 aromatic rings. The first-order valence-corrected chi connectivity index (χ1v) is 6.60. The van der Waals surface area contributed by atoms with Gasteiger partial charge < -0.3 is 61.3 Å². The van der Waals surface area contributed by atoms with E-state index in [0.29, 0.717) is 0 Å². The van der Waals surface area contributed by atoms with Gasteiger partial charge in [0, 0.05) is 24.8 Å². The summed E-state index contributed by atoms with van der Waals surface area (Å²) in [6.07, 6.45) is -7.12. The minimum Gasteiger partial charge on any atom is -0.550 e. The fourth-order valence-corrected chi connectivity index (χ4v) is 0.961. The minimum absolute atomic E-state index is 0. The summed E-state index contributed by atoms with van der Waals surface area (Å²) in [5, 5.41) is 77.3. The molecule has 0 fully saturated rings. The number of carboxylic acid groups (broad SMARTS) is 6. The van der Waals surface area contributed by atoms with Crippen LogP contribution in [0, 0.1) is 0 Å². The van der Waals surface area contributed by atoms with E-state index in [1.807, 2.05) is 0 Å². The third-order valence-corrected chi connectivity index (χ3v) is 2.25. The van der Waals surface area contributed by atoms with Crippen molar-refractivity contribution in [3.63, 3.8) is 0 Å². The molecule has 0 heterocycles. The molecule has 0 rings (SSSR count). The third-order valence-electron chi connectivity index (χ3n) is 2.25. The SMILES string of the molecule is NCC(=O)O.O=C(O)C(O)C(O)C(=O)O.O=C([O-])CC(O)(CC(=O)[O-])C(=O)O.[Na+].[Na+]. The van der Waals surface area contributed by atoms with Gasteiger partial charge in [-0.3, -0.25) is 4.79 Å². The van der Waals surface area contributed by atoms with Crippen molar-refractivity contribution < 1.29 is 134 Å². The second-order valence-electron chi connectivity index (χ2n) is 4.60. The summed E-state index contributed by atoms with van der Waals surface area (Å²) in [6, 6.07) is 0. The summed E-state index contributed by atoms with van der Waals surface area (Å²) < 4.78 is 0. The molecule has 0 aliphatic heterocycles. The average molecular weight is 461 g/mol. The van der Waals surface area contributed by atoms with Crippen LogP contribution in [0.4, 0.5) is 0 Å². The van der Waals surface area contributed by atoms with Crippen molar-refractivity contribution in [3.05, 3.63) is 0 Å². The molecule has 16 nitrogen and oxygen atoms in total. The molecule has 0 aromatic heterocycles. The Labute approximate surface area is 211 Å². The second-order valence-corrected chi connectivity index (χ2v) is 4.60. The molecular weight excluding hydrogens is 444 g/mol. The molecule has 9 N–H and O–H groups in total. The molecule has 0 aliphatic rings. The van der Waals surface area contributed by atoms with Crippen molar-refractivity contribution in [2.45, 2.75) is 30.7 Å². The van der Waals surface area contributed by atoms with E-state index >= 15 is 0 Å². The number of hydrogen-bond donors (Lipinski definition) is 8. The monoisotopic (exact) mass is 461 g/mol. The van der Waals surface area contributed by atoms with Crippen LogP contribution in [0.25, 0.3) is 0 Å². The zero-order valence-corrected chi connectivity index (χ0v) is 19.7. The standard InChI is InChI=1S/C6H8O7.C4H6O6.C2H5NO2.2Na/c7-3(8)1-6(13,5(11)12)2-4(9)10;5-1(3(7)8)2(6)4(9)10;3-1-2(4)5;;/h13H,1-2H2,(H,7,8)(H,9,10)(H,11,12);1-2,5-6H,(H,7,8)(H,9,10);1,3H2,(H,4,5);;/q;;;2*+1/p-2. The van der Waals surface area contributed by atoms with Crippen molar-refractivity contribution >= 4 is 35.8 Å². The smallest absolute Gasteiger partial charge is 0.550 e. The van der Waals surface area contributed by atoms with E-state index in [1.54, 1.807) is 0 Å². The van der Waals surface area contributed by atoms with Gasteiger partial charge in [-0.05, 0) is 0 Å². The number of carbonyl (C=O) groups excluding carboxylic acids is 2. The molecule has 162 valence electrons. The molecule has 0 aromatic carbocycles. The van der Waals surface area contributed by atoms with Crippen LogP contribution in [0.2, 0.25) is 0 Å². The summed E-state index contributed by atoms with van der Waals surface area (Å²) in [6.45, 7) is -0.278. The van der Waals surface area contributed by atoms with Crippen molar-refractivity contribution in [3.8, 4) is 0 Å². The molecule has 2 unspecified atom stereocenters. The first kappa shape index (κ1) is 39.2. The zero-order chi connectivity index (χ0) is 23.2. The Morgan fingerprint density at radius 3 is 1.10 bits per heavy atom. The first-order valence-electron chi connectivity index (χ1n) is 6.60. The Hall–Kier alpha value is -1.34. The molecule has 0 spiro atoms. The van der Waals surface area contributed by atoms with Gasteiger partial charge in [0.05, 0.1) is 6.54 Å². The van der Waals surface area contributed by atoms with Crippen LogP contribution >= 0.6 is 0 Å². The number of carbonyl (C=O) groups is 6. The van der Waals surface area contributed by atoms with Crippen LogP contribution in [-0.2, 0) is 28.8 Å². The normalized spacial score (nSPS) is 11.2. The van der Waals surface area contributed by atoms with Gasteiger partial charge >= 0.3 is 83.0 Å². The maximum absolute atomic E-state index is 10.3. The summed E-state index contributed by atoms with van der Waals surface area (Å²) in [5.74, 6) is -10.2. The Kier molecular flexibility index (Phi) is 25.6. The fourth-order valence-electron chi connectivity index (χ4n) is 0.961. The zero-order valence-electron chi connectivity index (χ0n) is 15.7. The van der Waals surface area contributed by atoms with E-state index in [4.69, 9.17) is 35.7 Å². The number of aliphatic carboxylic acids is 6. The van der Waals surface area contributed by atoms with E-state index in [1.165, 1.54) is 0 Å². The molecule has 30 heavy (non-hydrogen) atoms. The van der Waals surface area contributed by atoms with Crippen LogP contribution in [0.1, 0.15) is 12.8 Å². The first-order chi connectivity index (χ1) is 12.5. The van der Waals surface area contributed by atoms with Gasteiger partial charge in [0.2, 0.25) is 0 Å². The molecular formula is C12H17NNa2O15. The molecule has 0 saturated carbocycles. The Morgan fingerprint density at radius 2 is 1.00 bits per heavy atom. The van der Waals surface area contributed by atoms with Crippen molar-refractivity contribution in [2.75, 3.05) is 6.54 Å². The Balaban J connectivity index is -0.000000110. The van der Waals surface area contributed by atoms with E-state index < -0.39 is 66.5 Å². The molecule has 0 amide bonds. The van der Waals surface area contributed by atoms with E-state index in [-0.39, 0.29) is 65.7 Å². The van der Waals surface area contributed by atoms with Gasteiger partial charge in [0.1, 0.15) is 0 Å². The number of carboxylic acids is 6. The van der Waals surface area contributed by atoms with Gasteiger partial charge in [0.25, 0.3) is 0 Å². The maximum Gasteiger partial charge on any atom is 1.00 e. The minimum atomic E-state index is -2.86. The van der Waals surface area contributed by atoms with Crippen LogP contribution in [0.15, 0.2) is 0 Å². The topological polar surface area (TPSA) is 316 Å². The van der Waals surface area contributed by atoms with Crippen LogP contribution < -0.4 is 75.1 Å². The van der Waals surface area contributed by atoms with Crippen LogP contribution in [0.5, 0.6) is 0 Å². The molecule has 0 radical (unpaired) electrons. The molecule has 0 aliphatic carbocycles. The summed E-state index contributed by atoms with van der Waals surface area (Å²) >= 11 is 0. The molecule has 0 saturated heterocycles. The van der Waals surface area contributed by atoms with Gasteiger partial charge in [0.15, 0.2) is 17.8 Å². The number of nitrogens with two attached hydrogens (primary N) is 1. The van der Waals surface area contributed by atoms with Crippen LogP contribution in [0.3, 0.4) is 0 Å². The summed E-state index contributed by atoms with van der Waals surface area (Å²) in [4.78, 5) is 59.0. The number of aliphatic hydroxyl groups is 3. The summed E-state index contributed by atoms with van der Waals surface area (Å²) in [7, 11) is 0. The van der Waals surface area contributed by atoms with Crippen molar-refractivity contribution in [1.82, 2.24) is 0 Å². The quantitative estimate of drug-likeness (QED) is 0.148. The number of aliphatic hydroxyl groups excluding tert-OH is 2. The third kappa shape index (κ3) is 21.4. The maximum atomic E-state index is 10.3.